The van der Waals surface area contributed by atoms with Gasteiger partial charge in [0.25, 0.3) is 10.0 Å². The van der Waals surface area contributed by atoms with Gasteiger partial charge in [0.15, 0.2) is 0 Å². The first kappa shape index (κ1) is 30.0. The summed E-state index contributed by atoms with van der Waals surface area (Å²) >= 11 is 6.20. The number of sulfonamides is 1. The average molecular weight is 572 g/mol. The largest absolute Gasteiger partial charge is 0.497 e. The maximum Gasteiger partial charge on any atom is 0.264 e. The number of hydrogen-bond acceptors (Lipinski definition) is 5. The first-order chi connectivity index (χ1) is 18.6. The normalized spacial score (nSPS) is 11.9. The summed E-state index contributed by atoms with van der Waals surface area (Å²) in [7, 11) is -2.71. The van der Waals surface area contributed by atoms with E-state index in [1.165, 1.54) is 42.3 Å². The summed E-state index contributed by atoms with van der Waals surface area (Å²) in [5, 5.41) is 3.15. The van der Waals surface area contributed by atoms with Crippen LogP contribution in [-0.4, -0.2) is 51.4 Å². The fourth-order valence-electron chi connectivity index (χ4n) is 3.98. The Morgan fingerprint density at radius 3 is 2.33 bits per heavy atom. The minimum absolute atomic E-state index is 0.0183. The lowest BCUT2D eigenvalue weighted by Crippen LogP contribution is -2.51. The Balaban J connectivity index is 2.03. The van der Waals surface area contributed by atoms with Crippen molar-refractivity contribution in [3.8, 4) is 5.75 Å². The van der Waals surface area contributed by atoms with Crippen LogP contribution < -0.4 is 14.4 Å². The number of methoxy groups -OCH3 is 1. The molecule has 0 aromatic heterocycles. The Bertz CT molecular complexity index is 1400. The van der Waals surface area contributed by atoms with Crippen molar-refractivity contribution >= 4 is 39.1 Å². The van der Waals surface area contributed by atoms with Crippen molar-refractivity contribution in [2.75, 3.05) is 24.5 Å². The molecule has 3 aromatic carbocycles. The quantitative estimate of drug-likeness (QED) is 0.337. The zero-order chi connectivity index (χ0) is 28.6. The van der Waals surface area contributed by atoms with Crippen LogP contribution >= 0.6 is 11.6 Å². The highest BCUT2D eigenvalue weighted by Gasteiger charge is 2.32. The number of carbonyl (C=O) groups excluding carboxylic acids is 2. The number of hydrogen-bond donors (Lipinski definition) is 1. The van der Waals surface area contributed by atoms with Crippen LogP contribution in [0.5, 0.6) is 5.75 Å². The van der Waals surface area contributed by atoms with Gasteiger partial charge >= 0.3 is 0 Å². The van der Waals surface area contributed by atoms with Crippen LogP contribution in [0.15, 0.2) is 77.7 Å². The van der Waals surface area contributed by atoms with Crippen LogP contribution in [0, 0.1) is 6.92 Å². The molecular formula is C29H34ClN3O5S. The van der Waals surface area contributed by atoms with Gasteiger partial charge < -0.3 is 15.0 Å². The maximum absolute atomic E-state index is 13.9. The standard InChI is InChI=1S/C29H34ClN3O5S/c1-5-17-31-29(35)22(3)32(19-23-10-7-6-9-21(23)2)28(34)20-33(25-12-8-11-24(30)18-25)39(36,37)27-15-13-26(38-4)14-16-27/h6-16,18,22H,5,17,19-20H2,1-4H3,(H,31,35)/t22-/m0/s1. The van der Waals surface area contributed by atoms with Gasteiger partial charge in [-0.1, -0.05) is 48.9 Å². The topological polar surface area (TPSA) is 96.0 Å². The van der Waals surface area contributed by atoms with Crippen molar-refractivity contribution in [1.29, 1.82) is 0 Å². The van der Waals surface area contributed by atoms with E-state index in [2.05, 4.69) is 5.32 Å². The number of ether oxygens (including phenoxy) is 1. The summed E-state index contributed by atoms with van der Waals surface area (Å²) < 4.78 is 33.9. The van der Waals surface area contributed by atoms with Crippen LogP contribution in [0.1, 0.15) is 31.4 Å². The fraction of sp³-hybridized carbons (Fsp3) is 0.310. The molecule has 0 spiro atoms. The number of anilines is 1. The predicted molar refractivity (Wildman–Crippen MR) is 153 cm³/mol. The van der Waals surface area contributed by atoms with Crippen molar-refractivity contribution in [2.45, 2.75) is 44.7 Å². The molecule has 0 aliphatic heterocycles. The summed E-state index contributed by atoms with van der Waals surface area (Å²) in [5.74, 6) is -0.351. The van der Waals surface area contributed by atoms with E-state index < -0.39 is 28.5 Å². The van der Waals surface area contributed by atoms with E-state index in [4.69, 9.17) is 16.3 Å². The number of benzene rings is 3. The van der Waals surface area contributed by atoms with E-state index in [-0.39, 0.29) is 23.0 Å². The highest BCUT2D eigenvalue weighted by atomic mass is 35.5. The number of halogens is 1. The molecule has 10 heteroatoms. The van der Waals surface area contributed by atoms with Crippen molar-refractivity contribution in [3.63, 3.8) is 0 Å². The smallest absolute Gasteiger partial charge is 0.264 e. The molecule has 8 nitrogen and oxygen atoms in total. The molecular weight excluding hydrogens is 538 g/mol. The third kappa shape index (κ3) is 7.52. The van der Waals surface area contributed by atoms with Crippen molar-refractivity contribution in [3.05, 3.63) is 88.9 Å². The van der Waals surface area contributed by atoms with Crippen molar-refractivity contribution in [2.24, 2.45) is 0 Å². The molecule has 0 unspecified atom stereocenters. The van der Waals surface area contributed by atoms with Crippen LogP contribution in [0.3, 0.4) is 0 Å². The lowest BCUT2D eigenvalue weighted by Gasteiger charge is -2.32. The molecule has 0 heterocycles. The Labute approximate surface area is 235 Å². The molecule has 0 aliphatic rings. The number of amides is 2. The number of nitrogens with one attached hydrogen (secondary N) is 1. The third-order valence-electron chi connectivity index (χ3n) is 6.34. The van der Waals surface area contributed by atoms with Gasteiger partial charge in [0.05, 0.1) is 17.7 Å². The number of rotatable bonds is 12. The fourth-order valence-corrected chi connectivity index (χ4v) is 5.57. The third-order valence-corrected chi connectivity index (χ3v) is 8.36. The molecule has 3 aromatic rings. The monoisotopic (exact) mass is 571 g/mol. The molecule has 0 fully saturated rings. The minimum Gasteiger partial charge on any atom is -0.497 e. The molecule has 0 radical (unpaired) electrons. The Morgan fingerprint density at radius 1 is 1.03 bits per heavy atom. The van der Waals surface area contributed by atoms with E-state index in [9.17, 15) is 18.0 Å². The van der Waals surface area contributed by atoms with E-state index >= 15 is 0 Å². The molecule has 0 bridgehead atoms. The van der Waals surface area contributed by atoms with E-state index in [0.717, 1.165) is 21.9 Å². The van der Waals surface area contributed by atoms with Crippen molar-refractivity contribution in [1.82, 2.24) is 10.2 Å². The molecule has 0 aliphatic carbocycles. The zero-order valence-electron chi connectivity index (χ0n) is 22.6. The summed E-state index contributed by atoms with van der Waals surface area (Å²) in [5.41, 5.74) is 2.04. The second-order valence-corrected chi connectivity index (χ2v) is 11.4. The van der Waals surface area contributed by atoms with Gasteiger partial charge in [-0.15, -0.1) is 0 Å². The van der Waals surface area contributed by atoms with E-state index in [0.29, 0.717) is 17.3 Å². The Hall–Kier alpha value is -3.56. The Kier molecular flexibility index (Phi) is 10.4. The van der Waals surface area contributed by atoms with Gasteiger partial charge in [-0.3, -0.25) is 13.9 Å². The van der Waals surface area contributed by atoms with Crippen LogP contribution in [-0.2, 0) is 26.2 Å². The molecule has 0 saturated heterocycles. The number of nitrogens with zero attached hydrogens (tertiary/aromatic N) is 2. The SMILES string of the molecule is CCCNC(=O)[C@H](C)N(Cc1ccccc1C)C(=O)CN(c1cccc(Cl)c1)S(=O)(=O)c1ccc(OC)cc1. The number of carbonyl (C=O) groups is 2. The molecule has 1 N–H and O–H groups in total. The van der Waals surface area contributed by atoms with Gasteiger partial charge in [0.1, 0.15) is 18.3 Å². The molecule has 0 saturated carbocycles. The molecule has 2 amide bonds. The summed E-state index contributed by atoms with van der Waals surface area (Å²) in [4.78, 5) is 28.2. The maximum atomic E-state index is 13.9. The van der Waals surface area contributed by atoms with Crippen molar-refractivity contribution < 1.29 is 22.7 Å². The highest BCUT2D eigenvalue weighted by molar-refractivity contribution is 7.92. The van der Waals surface area contributed by atoms with Gasteiger partial charge in [-0.2, -0.15) is 0 Å². The van der Waals surface area contributed by atoms with Crippen LogP contribution in [0.2, 0.25) is 5.02 Å². The predicted octanol–water partition coefficient (Wildman–Crippen LogP) is 4.80. The first-order valence-electron chi connectivity index (χ1n) is 12.6. The van der Waals surface area contributed by atoms with E-state index in [1.807, 2.05) is 38.1 Å². The van der Waals surface area contributed by atoms with Gasteiger partial charge in [-0.05, 0) is 73.9 Å². The zero-order valence-corrected chi connectivity index (χ0v) is 24.1. The second-order valence-electron chi connectivity index (χ2n) is 9.08. The lowest BCUT2D eigenvalue weighted by molar-refractivity contribution is -0.139. The number of aryl methyl sites for hydroxylation is 1. The van der Waals surface area contributed by atoms with Gasteiger partial charge in [0, 0.05) is 18.1 Å². The molecule has 3 rings (SSSR count). The molecule has 39 heavy (non-hydrogen) atoms. The van der Waals surface area contributed by atoms with Crippen LogP contribution in [0.4, 0.5) is 5.69 Å². The summed E-state index contributed by atoms with van der Waals surface area (Å²) in [6.07, 6.45) is 0.743. The summed E-state index contributed by atoms with van der Waals surface area (Å²) in [6, 6.07) is 18.9. The van der Waals surface area contributed by atoms with Crippen LogP contribution in [0.25, 0.3) is 0 Å². The molecule has 208 valence electrons. The van der Waals surface area contributed by atoms with Gasteiger partial charge in [-0.25, -0.2) is 8.42 Å². The minimum atomic E-state index is -4.19. The average Bonchev–Trinajstić information content (AvgIpc) is 2.93. The summed E-state index contributed by atoms with van der Waals surface area (Å²) in [6.45, 7) is 5.57. The first-order valence-corrected chi connectivity index (χ1v) is 14.4. The van der Waals surface area contributed by atoms with Gasteiger partial charge in [0.2, 0.25) is 11.8 Å². The Morgan fingerprint density at radius 2 is 1.72 bits per heavy atom. The molecule has 1 atom stereocenters. The van der Waals surface area contributed by atoms with E-state index in [1.54, 1.807) is 25.1 Å². The lowest BCUT2D eigenvalue weighted by atomic mass is 10.1. The second kappa shape index (κ2) is 13.5. The highest BCUT2D eigenvalue weighted by Crippen LogP contribution is 2.28.